The maximum absolute atomic E-state index is 11.2. The molecule has 3 nitrogen and oxygen atoms in total. The number of rotatable bonds is 7. The highest BCUT2D eigenvalue weighted by atomic mass is 16.5. The van der Waals surface area contributed by atoms with Crippen molar-refractivity contribution in [2.75, 3.05) is 18.6 Å². The number of unbranched alkanes of at least 4 members (excludes halogenated alkanes) is 3. The number of methoxy groups -OCH3 is 1. The van der Waals surface area contributed by atoms with Crippen LogP contribution in [0.1, 0.15) is 54.1 Å². The first-order valence-corrected chi connectivity index (χ1v) is 9.29. The third-order valence-corrected chi connectivity index (χ3v) is 5.01. The third-order valence-electron chi connectivity index (χ3n) is 5.01. The van der Waals surface area contributed by atoms with Gasteiger partial charge in [0.05, 0.1) is 7.11 Å². The Labute approximate surface area is 150 Å². The van der Waals surface area contributed by atoms with Crippen molar-refractivity contribution in [1.82, 2.24) is 0 Å². The number of carbonyl (C=O) groups excluding carboxylic acids is 1. The maximum atomic E-state index is 11.2. The van der Waals surface area contributed by atoms with Crippen LogP contribution in [0.3, 0.4) is 0 Å². The van der Waals surface area contributed by atoms with E-state index in [1.54, 1.807) is 7.11 Å². The number of fused-ring (bicyclic) bond motifs is 2. The van der Waals surface area contributed by atoms with Gasteiger partial charge >= 0.3 is 0 Å². The van der Waals surface area contributed by atoms with E-state index >= 15 is 0 Å². The number of anilines is 2. The Morgan fingerprint density at radius 1 is 1.00 bits per heavy atom. The maximum Gasteiger partial charge on any atom is 0.150 e. The van der Waals surface area contributed by atoms with Crippen LogP contribution in [0.2, 0.25) is 0 Å². The minimum atomic E-state index is 0.758. The molecule has 0 fully saturated rings. The van der Waals surface area contributed by atoms with Gasteiger partial charge in [-0.1, -0.05) is 26.2 Å². The van der Waals surface area contributed by atoms with Gasteiger partial charge in [-0.25, -0.2) is 0 Å². The summed E-state index contributed by atoms with van der Waals surface area (Å²) in [4.78, 5) is 13.6. The zero-order valence-electron chi connectivity index (χ0n) is 15.3. The number of carbonyl (C=O) groups is 1. The molecule has 1 aliphatic heterocycles. The molecule has 1 heterocycles. The van der Waals surface area contributed by atoms with Gasteiger partial charge in [0.2, 0.25) is 0 Å². The molecule has 132 valence electrons. The summed E-state index contributed by atoms with van der Waals surface area (Å²) in [5.74, 6) is 0.907. The van der Waals surface area contributed by atoms with Crippen molar-refractivity contribution in [1.29, 1.82) is 0 Å². The fourth-order valence-electron chi connectivity index (χ4n) is 3.63. The van der Waals surface area contributed by atoms with Crippen LogP contribution in [-0.2, 0) is 12.8 Å². The number of hydrogen-bond acceptors (Lipinski definition) is 3. The van der Waals surface area contributed by atoms with E-state index < -0.39 is 0 Å². The Morgan fingerprint density at radius 2 is 1.72 bits per heavy atom. The second-order valence-electron chi connectivity index (χ2n) is 6.71. The van der Waals surface area contributed by atoms with Gasteiger partial charge in [0, 0.05) is 23.5 Å². The molecule has 25 heavy (non-hydrogen) atoms. The first-order chi connectivity index (χ1) is 12.3. The number of hydrogen-bond donors (Lipinski definition) is 0. The molecule has 3 rings (SSSR count). The zero-order valence-corrected chi connectivity index (χ0v) is 15.3. The standard InChI is InChI=1S/C22H27NO2/c1-3-4-5-6-13-23-21-11-7-17(16-24)14-18(21)8-9-19-15-20(25-2)10-12-22(19)23/h7,10-12,14-16H,3-6,8-9,13H2,1-2H3. The lowest BCUT2D eigenvalue weighted by Crippen LogP contribution is -2.20. The number of benzene rings is 2. The molecule has 2 aromatic rings. The summed E-state index contributed by atoms with van der Waals surface area (Å²) in [5.41, 5.74) is 5.85. The van der Waals surface area contributed by atoms with E-state index in [1.165, 1.54) is 48.2 Å². The van der Waals surface area contributed by atoms with E-state index in [1.807, 2.05) is 18.2 Å². The van der Waals surface area contributed by atoms with Gasteiger partial charge in [-0.3, -0.25) is 4.79 Å². The van der Waals surface area contributed by atoms with Gasteiger partial charge in [0.15, 0.2) is 0 Å². The molecule has 0 atom stereocenters. The van der Waals surface area contributed by atoms with Gasteiger partial charge in [-0.15, -0.1) is 0 Å². The summed E-state index contributed by atoms with van der Waals surface area (Å²) in [5, 5.41) is 0. The quantitative estimate of drug-likeness (QED) is 0.505. The van der Waals surface area contributed by atoms with Gasteiger partial charge in [-0.2, -0.15) is 0 Å². The highest BCUT2D eigenvalue weighted by molar-refractivity contribution is 5.79. The molecule has 0 amide bonds. The van der Waals surface area contributed by atoms with E-state index in [9.17, 15) is 4.79 Å². The molecule has 0 aliphatic carbocycles. The second kappa shape index (κ2) is 8.19. The van der Waals surface area contributed by atoms with Crippen LogP contribution in [0.5, 0.6) is 5.75 Å². The van der Waals surface area contributed by atoms with E-state index in [0.717, 1.165) is 37.0 Å². The Morgan fingerprint density at radius 3 is 2.40 bits per heavy atom. The van der Waals surface area contributed by atoms with Crippen LogP contribution in [0.25, 0.3) is 0 Å². The van der Waals surface area contributed by atoms with Crippen molar-refractivity contribution in [2.24, 2.45) is 0 Å². The largest absolute Gasteiger partial charge is 0.497 e. The molecule has 1 aliphatic rings. The molecule has 0 saturated carbocycles. The molecule has 0 aromatic heterocycles. The van der Waals surface area contributed by atoms with Gasteiger partial charge < -0.3 is 9.64 Å². The Balaban J connectivity index is 1.98. The minimum absolute atomic E-state index is 0.758. The first kappa shape index (κ1) is 17.5. The average Bonchev–Trinajstić information content (AvgIpc) is 2.81. The van der Waals surface area contributed by atoms with Gasteiger partial charge in [0.25, 0.3) is 0 Å². The summed E-state index contributed by atoms with van der Waals surface area (Å²) in [6.45, 7) is 3.25. The summed E-state index contributed by atoms with van der Waals surface area (Å²) in [6.07, 6.45) is 7.80. The van der Waals surface area contributed by atoms with Crippen molar-refractivity contribution in [2.45, 2.75) is 45.4 Å². The molecule has 0 bridgehead atoms. The van der Waals surface area contributed by atoms with Crippen LogP contribution in [0.4, 0.5) is 11.4 Å². The van der Waals surface area contributed by atoms with Gasteiger partial charge in [-0.05, 0) is 66.8 Å². The molecule has 0 unspecified atom stereocenters. The van der Waals surface area contributed by atoms with Crippen LogP contribution in [0, 0.1) is 0 Å². The molecular weight excluding hydrogens is 310 g/mol. The third kappa shape index (κ3) is 3.87. The normalized spacial score (nSPS) is 13.0. The van der Waals surface area contributed by atoms with Crippen molar-refractivity contribution in [3.8, 4) is 5.75 Å². The Bertz CT molecular complexity index is 739. The van der Waals surface area contributed by atoms with Crippen LogP contribution in [0.15, 0.2) is 36.4 Å². The van der Waals surface area contributed by atoms with Crippen molar-refractivity contribution in [3.05, 3.63) is 53.1 Å². The van der Waals surface area contributed by atoms with Crippen molar-refractivity contribution < 1.29 is 9.53 Å². The zero-order chi connectivity index (χ0) is 17.6. The first-order valence-electron chi connectivity index (χ1n) is 9.29. The SMILES string of the molecule is CCCCCCN1c2ccc(C=O)cc2CCc2cc(OC)ccc21. The molecule has 0 N–H and O–H groups in total. The number of nitrogens with zero attached hydrogens (tertiary/aromatic N) is 1. The van der Waals surface area contributed by atoms with Crippen LogP contribution < -0.4 is 9.64 Å². The van der Waals surface area contributed by atoms with Crippen LogP contribution in [-0.4, -0.2) is 19.9 Å². The summed E-state index contributed by atoms with van der Waals surface area (Å²) in [6, 6.07) is 12.5. The smallest absolute Gasteiger partial charge is 0.150 e. The molecular formula is C22H27NO2. The molecule has 3 heteroatoms. The van der Waals surface area contributed by atoms with E-state index in [2.05, 4.69) is 30.0 Å². The summed E-state index contributed by atoms with van der Waals surface area (Å²) >= 11 is 0. The fraction of sp³-hybridized carbons (Fsp3) is 0.409. The predicted molar refractivity (Wildman–Crippen MR) is 103 cm³/mol. The van der Waals surface area contributed by atoms with E-state index in [0.29, 0.717) is 0 Å². The topological polar surface area (TPSA) is 29.5 Å². The molecule has 2 aromatic carbocycles. The lowest BCUT2D eigenvalue weighted by atomic mass is 10.0. The van der Waals surface area contributed by atoms with Gasteiger partial charge in [0.1, 0.15) is 12.0 Å². The monoisotopic (exact) mass is 337 g/mol. The van der Waals surface area contributed by atoms with E-state index in [-0.39, 0.29) is 0 Å². The fourth-order valence-corrected chi connectivity index (χ4v) is 3.63. The Hall–Kier alpha value is -2.29. The summed E-state index contributed by atoms with van der Waals surface area (Å²) < 4.78 is 5.42. The lowest BCUT2D eigenvalue weighted by molar-refractivity contribution is 0.112. The second-order valence-corrected chi connectivity index (χ2v) is 6.71. The number of ether oxygens (including phenoxy) is 1. The lowest BCUT2D eigenvalue weighted by Gasteiger charge is -2.27. The number of aldehydes is 1. The predicted octanol–water partition coefficient (Wildman–Crippen LogP) is 5.32. The Kier molecular flexibility index (Phi) is 5.75. The highest BCUT2D eigenvalue weighted by Crippen LogP contribution is 2.38. The molecule has 0 radical (unpaired) electrons. The van der Waals surface area contributed by atoms with Crippen molar-refractivity contribution in [3.63, 3.8) is 0 Å². The highest BCUT2D eigenvalue weighted by Gasteiger charge is 2.21. The summed E-state index contributed by atoms with van der Waals surface area (Å²) in [7, 11) is 1.71. The van der Waals surface area contributed by atoms with Crippen LogP contribution >= 0.6 is 0 Å². The molecule has 0 saturated heterocycles. The molecule has 0 spiro atoms. The number of aryl methyl sites for hydroxylation is 2. The average molecular weight is 337 g/mol. The minimum Gasteiger partial charge on any atom is -0.497 e. The van der Waals surface area contributed by atoms with Crippen molar-refractivity contribution >= 4 is 17.7 Å². The van der Waals surface area contributed by atoms with E-state index in [4.69, 9.17) is 4.74 Å².